The number of benzene rings is 1. The Bertz CT molecular complexity index is 1010. The van der Waals surface area contributed by atoms with E-state index in [1.54, 1.807) is 12.3 Å². The maximum absolute atomic E-state index is 8.82. The summed E-state index contributed by atoms with van der Waals surface area (Å²) in [6.45, 7) is 5.57. The lowest BCUT2D eigenvalue weighted by atomic mass is 10.0. The molecule has 0 radical (unpaired) electrons. The van der Waals surface area contributed by atoms with E-state index in [-0.39, 0.29) is 12.1 Å². The second-order valence-corrected chi connectivity index (χ2v) is 7.33. The van der Waals surface area contributed by atoms with Gasteiger partial charge < -0.3 is 19.8 Å². The summed E-state index contributed by atoms with van der Waals surface area (Å²) in [5.74, 6) is 0.411. The SMILES string of the molecule is CC(C)n1cnc2ccc(C(=N)c3c(N)ccnc3OC3CCOCC3)cc21. The summed E-state index contributed by atoms with van der Waals surface area (Å²) in [7, 11) is 0. The van der Waals surface area contributed by atoms with E-state index in [4.69, 9.17) is 20.6 Å². The summed E-state index contributed by atoms with van der Waals surface area (Å²) < 4.78 is 13.6. The zero-order valence-corrected chi connectivity index (χ0v) is 16.2. The number of nitrogens with zero attached hydrogens (tertiary/aromatic N) is 3. The van der Waals surface area contributed by atoms with Crippen LogP contribution < -0.4 is 10.5 Å². The number of pyridine rings is 1. The third kappa shape index (κ3) is 3.45. The van der Waals surface area contributed by atoms with Gasteiger partial charge in [-0.15, -0.1) is 0 Å². The van der Waals surface area contributed by atoms with E-state index in [1.807, 2.05) is 24.5 Å². The predicted molar refractivity (Wildman–Crippen MR) is 109 cm³/mol. The zero-order valence-electron chi connectivity index (χ0n) is 16.2. The summed E-state index contributed by atoms with van der Waals surface area (Å²) in [4.78, 5) is 8.82. The first-order chi connectivity index (χ1) is 13.5. The third-order valence-corrected chi connectivity index (χ3v) is 5.06. The quantitative estimate of drug-likeness (QED) is 0.660. The first-order valence-electron chi connectivity index (χ1n) is 9.59. The number of imidazole rings is 1. The van der Waals surface area contributed by atoms with Gasteiger partial charge in [-0.05, 0) is 32.0 Å². The molecule has 28 heavy (non-hydrogen) atoms. The average molecular weight is 379 g/mol. The fourth-order valence-electron chi connectivity index (χ4n) is 3.49. The topological polar surface area (TPSA) is 99.0 Å². The number of aromatic nitrogens is 3. The molecule has 146 valence electrons. The molecule has 0 saturated carbocycles. The molecule has 3 N–H and O–H groups in total. The van der Waals surface area contributed by atoms with Crippen LogP contribution in [-0.4, -0.2) is 39.6 Å². The Morgan fingerprint density at radius 2 is 2.04 bits per heavy atom. The van der Waals surface area contributed by atoms with E-state index in [0.29, 0.717) is 36.1 Å². The van der Waals surface area contributed by atoms with Gasteiger partial charge in [-0.1, -0.05) is 6.07 Å². The second-order valence-electron chi connectivity index (χ2n) is 7.33. The van der Waals surface area contributed by atoms with Crippen molar-refractivity contribution in [2.45, 2.75) is 38.8 Å². The molecule has 1 fully saturated rings. The van der Waals surface area contributed by atoms with Crippen LogP contribution in [0.2, 0.25) is 0 Å². The van der Waals surface area contributed by atoms with Crippen molar-refractivity contribution in [3.63, 3.8) is 0 Å². The molecule has 0 amide bonds. The minimum absolute atomic E-state index is 0.0273. The van der Waals surface area contributed by atoms with Crippen molar-refractivity contribution in [1.29, 1.82) is 5.41 Å². The van der Waals surface area contributed by atoms with Crippen LogP contribution in [0.4, 0.5) is 5.69 Å². The molecule has 4 rings (SSSR count). The highest BCUT2D eigenvalue weighted by molar-refractivity contribution is 6.16. The smallest absolute Gasteiger partial charge is 0.225 e. The Morgan fingerprint density at radius 3 is 2.79 bits per heavy atom. The summed E-state index contributed by atoms with van der Waals surface area (Å²) in [6, 6.07) is 7.80. The van der Waals surface area contributed by atoms with Crippen LogP contribution in [0.5, 0.6) is 5.88 Å². The van der Waals surface area contributed by atoms with E-state index >= 15 is 0 Å². The van der Waals surface area contributed by atoms with E-state index in [1.165, 1.54) is 0 Å². The maximum Gasteiger partial charge on any atom is 0.225 e. The molecule has 3 heterocycles. The normalized spacial score (nSPS) is 15.2. The summed E-state index contributed by atoms with van der Waals surface area (Å²) in [5, 5.41) is 8.82. The number of rotatable bonds is 5. The van der Waals surface area contributed by atoms with Crippen LogP contribution in [0.25, 0.3) is 11.0 Å². The third-order valence-electron chi connectivity index (χ3n) is 5.06. The van der Waals surface area contributed by atoms with Crippen LogP contribution >= 0.6 is 0 Å². The average Bonchev–Trinajstić information content (AvgIpc) is 3.12. The van der Waals surface area contributed by atoms with Gasteiger partial charge in [0.15, 0.2) is 0 Å². The fraction of sp³-hybridized carbons (Fsp3) is 0.381. The zero-order chi connectivity index (χ0) is 19.7. The standard InChI is InChI=1S/C21H25N5O2/c1-13(2)26-12-25-17-4-3-14(11-18(17)26)20(23)19-16(22)5-8-24-21(19)28-15-6-9-27-10-7-15/h3-5,8,11-13,15,23H,6-7,9-10H2,1-2H3,(H2,22,24). The number of hydrogen-bond donors (Lipinski definition) is 2. The molecule has 0 spiro atoms. The number of nitrogens with one attached hydrogen (secondary N) is 1. The highest BCUT2D eigenvalue weighted by Crippen LogP contribution is 2.29. The minimum Gasteiger partial charge on any atom is -0.474 e. The van der Waals surface area contributed by atoms with Gasteiger partial charge in [-0.3, -0.25) is 5.41 Å². The second kappa shape index (κ2) is 7.59. The molecule has 1 aliphatic rings. The van der Waals surface area contributed by atoms with E-state index in [0.717, 1.165) is 29.4 Å². The number of fused-ring (bicyclic) bond motifs is 1. The Morgan fingerprint density at radius 1 is 1.25 bits per heavy atom. The van der Waals surface area contributed by atoms with Crippen molar-refractivity contribution >= 4 is 22.4 Å². The van der Waals surface area contributed by atoms with E-state index in [2.05, 4.69) is 28.4 Å². The number of hydrogen-bond acceptors (Lipinski definition) is 6. The molecule has 7 nitrogen and oxygen atoms in total. The molecular weight excluding hydrogens is 354 g/mol. The lowest BCUT2D eigenvalue weighted by molar-refractivity contribution is 0.0237. The van der Waals surface area contributed by atoms with Crippen molar-refractivity contribution in [2.75, 3.05) is 18.9 Å². The molecule has 0 aliphatic carbocycles. The van der Waals surface area contributed by atoms with Crippen LogP contribution in [0.3, 0.4) is 0 Å². The van der Waals surface area contributed by atoms with Gasteiger partial charge in [0.2, 0.25) is 5.88 Å². The highest BCUT2D eigenvalue weighted by atomic mass is 16.5. The first kappa shape index (κ1) is 18.4. The molecule has 7 heteroatoms. The van der Waals surface area contributed by atoms with Crippen LogP contribution in [0.15, 0.2) is 36.8 Å². The van der Waals surface area contributed by atoms with Crippen LogP contribution in [-0.2, 0) is 4.74 Å². The molecule has 0 unspecified atom stereocenters. The summed E-state index contributed by atoms with van der Waals surface area (Å²) in [5.41, 5.74) is 10.2. The Kier molecular flexibility index (Phi) is 5.00. The predicted octanol–water partition coefficient (Wildman–Crippen LogP) is 3.57. The Balaban J connectivity index is 1.71. The molecular formula is C21H25N5O2. The fourth-order valence-corrected chi connectivity index (χ4v) is 3.49. The summed E-state index contributed by atoms with van der Waals surface area (Å²) in [6.07, 6.45) is 5.10. The monoisotopic (exact) mass is 379 g/mol. The van der Waals surface area contributed by atoms with Crippen molar-refractivity contribution < 1.29 is 9.47 Å². The van der Waals surface area contributed by atoms with Crippen LogP contribution in [0, 0.1) is 5.41 Å². The van der Waals surface area contributed by atoms with Gasteiger partial charge in [0.1, 0.15) is 6.10 Å². The molecule has 2 aromatic heterocycles. The van der Waals surface area contributed by atoms with Gasteiger partial charge in [0, 0.05) is 36.3 Å². The van der Waals surface area contributed by atoms with Gasteiger partial charge in [0.25, 0.3) is 0 Å². The van der Waals surface area contributed by atoms with Gasteiger partial charge in [-0.2, -0.15) is 0 Å². The first-order valence-corrected chi connectivity index (χ1v) is 9.59. The molecule has 0 bridgehead atoms. The number of nitrogen functional groups attached to an aromatic ring is 1. The number of ether oxygens (including phenoxy) is 2. The molecule has 3 aromatic rings. The number of nitrogens with two attached hydrogens (primary N) is 1. The molecule has 1 aliphatic heterocycles. The molecule has 1 aromatic carbocycles. The van der Waals surface area contributed by atoms with Gasteiger partial charge >= 0.3 is 0 Å². The van der Waals surface area contributed by atoms with E-state index in [9.17, 15) is 0 Å². The van der Waals surface area contributed by atoms with Crippen molar-refractivity contribution in [3.05, 3.63) is 47.9 Å². The van der Waals surface area contributed by atoms with Gasteiger partial charge in [-0.25, -0.2) is 9.97 Å². The van der Waals surface area contributed by atoms with E-state index < -0.39 is 0 Å². The number of anilines is 1. The largest absolute Gasteiger partial charge is 0.474 e. The summed E-state index contributed by atoms with van der Waals surface area (Å²) >= 11 is 0. The van der Waals surface area contributed by atoms with Gasteiger partial charge in [0.05, 0.1) is 41.8 Å². The highest BCUT2D eigenvalue weighted by Gasteiger charge is 2.22. The maximum atomic E-state index is 8.82. The lowest BCUT2D eigenvalue weighted by Gasteiger charge is -2.24. The Labute approximate surface area is 164 Å². The molecule has 0 atom stereocenters. The molecule has 1 saturated heterocycles. The minimum atomic E-state index is 0.0273. The van der Waals surface area contributed by atoms with Crippen molar-refractivity contribution in [1.82, 2.24) is 14.5 Å². The Hall–Kier alpha value is -2.93. The lowest BCUT2D eigenvalue weighted by Crippen LogP contribution is -2.27. The van der Waals surface area contributed by atoms with Crippen LogP contribution in [0.1, 0.15) is 43.9 Å². The van der Waals surface area contributed by atoms with Crippen molar-refractivity contribution in [2.24, 2.45) is 0 Å². The van der Waals surface area contributed by atoms with Crippen molar-refractivity contribution in [3.8, 4) is 5.88 Å².